The van der Waals surface area contributed by atoms with Crippen molar-refractivity contribution in [2.24, 2.45) is 0 Å². The summed E-state index contributed by atoms with van der Waals surface area (Å²) in [6, 6.07) is 17.4. The molecule has 6 nitrogen and oxygen atoms in total. The summed E-state index contributed by atoms with van der Waals surface area (Å²) in [7, 11) is -0.710. The van der Waals surface area contributed by atoms with Gasteiger partial charge in [-0.1, -0.05) is 24.3 Å². The second kappa shape index (κ2) is 7.98. The summed E-state index contributed by atoms with van der Waals surface area (Å²) in [5.74, 6) is 0.820. The van der Waals surface area contributed by atoms with Crippen LogP contribution in [0, 0.1) is 0 Å². The van der Waals surface area contributed by atoms with E-state index in [1.165, 1.54) is 43.6 Å². The first-order chi connectivity index (χ1) is 14.3. The van der Waals surface area contributed by atoms with Crippen molar-refractivity contribution in [3.05, 3.63) is 78.1 Å². The van der Waals surface area contributed by atoms with Crippen molar-refractivity contribution in [2.75, 3.05) is 14.1 Å². The van der Waals surface area contributed by atoms with Crippen LogP contribution in [0.3, 0.4) is 0 Å². The number of hydrogen-bond acceptors (Lipinski definition) is 6. The molecule has 0 saturated carbocycles. The average Bonchev–Trinajstić information content (AvgIpc) is 3.38. The van der Waals surface area contributed by atoms with Crippen molar-refractivity contribution in [3.63, 3.8) is 0 Å². The van der Waals surface area contributed by atoms with Crippen molar-refractivity contribution in [2.45, 2.75) is 4.90 Å². The number of sulfonamides is 1. The molecule has 0 radical (unpaired) electrons. The van der Waals surface area contributed by atoms with Crippen molar-refractivity contribution < 1.29 is 17.6 Å². The second-order valence-corrected chi connectivity index (χ2v) is 9.88. The highest BCUT2D eigenvalue weighted by Crippen LogP contribution is 2.31. The van der Waals surface area contributed by atoms with Crippen LogP contribution in [0.4, 0.5) is 0 Å². The zero-order valence-corrected chi connectivity index (χ0v) is 17.9. The molecule has 4 aromatic rings. The largest absolute Gasteiger partial charge is 0.454 e. The maximum Gasteiger partial charge on any atom is 0.242 e. The third-order valence-electron chi connectivity index (χ3n) is 4.43. The number of rotatable bonds is 6. The third-order valence-corrected chi connectivity index (χ3v) is 7.29. The molecule has 0 aliphatic heterocycles. The van der Waals surface area contributed by atoms with Crippen LogP contribution < -0.4 is 0 Å². The Kier molecular flexibility index (Phi) is 5.38. The van der Waals surface area contributed by atoms with Gasteiger partial charge in [0.1, 0.15) is 5.76 Å². The van der Waals surface area contributed by atoms with Gasteiger partial charge in [0.25, 0.3) is 0 Å². The molecule has 0 aliphatic carbocycles. The van der Waals surface area contributed by atoms with Crippen molar-refractivity contribution in [1.82, 2.24) is 9.29 Å². The summed E-state index contributed by atoms with van der Waals surface area (Å²) in [5.41, 5.74) is 1.20. The first-order valence-corrected chi connectivity index (χ1v) is 11.3. The molecule has 0 bridgehead atoms. The van der Waals surface area contributed by atoms with Gasteiger partial charge in [-0.25, -0.2) is 17.7 Å². The van der Waals surface area contributed by atoms with Crippen LogP contribution in [0.1, 0.15) is 16.1 Å². The summed E-state index contributed by atoms with van der Waals surface area (Å²) in [5, 5.41) is 0.767. The van der Waals surface area contributed by atoms with Gasteiger partial charge in [0.15, 0.2) is 16.6 Å². The number of thiazole rings is 1. The van der Waals surface area contributed by atoms with Gasteiger partial charge in [0.05, 0.1) is 15.1 Å². The van der Waals surface area contributed by atoms with Crippen LogP contribution >= 0.6 is 11.3 Å². The van der Waals surface area contributed by atoms with Gasteiger partial charge in [-0.3, -0.25) is 4.79 Å². The smallest absolute Gasteiger partial charge is 0.242 e. The molecular formula is C22H18N2O4S2. The van der Waals surface area contributed by atoms with Crippen molar-refractivity contribution in [3.8, 4) is 10.8 Å². The lowest BCUT2D eigenvalue weighted by atomic mass is 10.1. The molecule has 0 amide bonds. The summed E-state index contributed by atoms with van der Waals surface area (Å²) in [6.45, 7) is 0. The van der Waals surface area contributed by atoms with Crippen LogP contribution in [0.15, 0.2) is 76.1 Å². The standard InChI is InChI=1S/C22H18N2O4S2/c1-24(2)30(26,27)17-7-5-6-15(14-17)19(25)12-10-16-11-13-20(28-16)22-23-18-8-3-4-9-21(18)29-22/h3-14H,1-2H3/b12-10+. The topological polar surface area (TPSA) is 80.5 Å². The highest BCUT2D eigenvalue weighted by Gasteiger charge is 2.18. The first-order valence-electron chi connectivity index (χ1n) is 9.05. The number of furan rings is 1. The van der Waals surface area contributed by atoms with Gasteiger partial charge in [-0.05, 0) is 48.6 Å². The molecule has 0 N–H and O–H groups in total. The van der Waals surface area contributed by atoms with Crippen molar-refractivity contribution >= 4 is 43.4 Å². The lowest BCUT2D eigenvalue weighted by Crippen LogP contribution is -2.22. The molecule has 4 rings (SSSR count). The van der Waals surface area contributed by atoms with E-state index in [2.05, 4.69) is 4.98 Å². The van der Waals surface area contributed by atoms with Gasteiger partial charge in [0, 0.05) is 19.7 Å². The minimum atomic E-state index is -3.61. The molecular weight excluding hydrogens is 420 g/mol. The molecule has 152 valence electrons. The Hall–Kier alpha value is -3.07. The molecule has 0 fully saturated rings. The van der Waals surface area contributed by atoms with Gasteiger partial charge in [-0.15, -0.1) is 11.3 Å². The third kappa shape index (κ3) is 3.97. The molecule has 0 aliphatic rings. The van der Waals surface area contributed by atoms with Gasteiger partial charge < -0.3 is 4.42 Å². The average molecular weight is 439 g/mol. The van der Waals surface area contributed by atoms with Gasteiger partial charge in [0.2, 0.25) is 10.0 Å². The second-order valence-electron chi connectivity index (χ2n) is 6.70. The fraction of sp³-hybridized carbons (Fsp3) is 0.0909. The maximum atomic E-state index is 12.5. The fourth-order valence-electron chi connectivity index (χ4n) is 2.81. The number of para-hydroxylation sites is 1. The number of aromatic nitrogens is 1. The van der Waals surface area contributed by atoms with E-state index < -0.39 is 10.0 Å². The van der Waals surface area contributed by atoms with E-state index >= 15 is 0 Å². The Morgan fingerprint density at radius 2 is 1.87 bits per heavy atom. The lowest BCUT2D eigenvalue weighted by molar-refractivity contribution is 0.104. The minimum Gasteiger partial charge on any atom is -0.454 e. The molecule has 0 unspecified atom stereocenters. The summed E-state index contributed by atoms with van der Waals surface area (Å²) in [4.78, 5) is 17.1. The SMILES string of the molecule is CN(C)S(=O)(=O)c1cccc(C(=O)/C=C/c2ccc(-c3nc4ccccc4s3)o2)c1. The number of allylic oxidation sites excluding steroid dienone is 1. The molecule has 8 heteroatoms. The van der Waals surface area contributed by atoms with Gasteiger partial charge >= 0.3 is 0 Å². The summed E-state index contributed by atoms with van der Waals surface area (Å²) in [6.07, 6.45) is 2.93. The molecule has 2 heterocycles. The van der Waals surface area contributed by atoms with Crippen molar-refractivity contribution in [1.29, 1.82) is 0 Å². The predicted octanol–water partition coefficient (Wildman–Crippen LogP) is 4.70. The zero-order chi connectivity index (χ0) is 21.3. The highest BCUT2D eigenvalue weighted by atomic mass is 32.2. The monoisotopic (exact) mass is 438 g/mol. The quantitative estimate of drug-likeness (QED) is 0.322. The number of fused-ring (bicyclic) bond motifs is 1. The maximum absolute atomic E-state index is 12.5. The summed E-state index contributed by atoms with van der Waals surface area (Å²) < 4.78 is 32.5. The lowest BCUT2D eigenvalue weighted by Gasteiger charge is -2.11. The Labute approximate surface area is 178 Å². The first kappa shape index (κ1) is 20.2. The molecule has 0 saturated heterocycles. The Balaban J connectivity index is 1.54. The van der Waals surface area contributed by atoms with E-state index in [0.717, 1.165) is 19.5 Å². The number of carbonyl (C=O) groups excluding carboxylic acids is 1. The number of nitrogens with zero attached hydrogens (tertiary/aromatic N) is 2. The van der Waals surface area contributed by atoms with E-state index in [4.69, 9.17) is 4.42 Å². The van der Waals surface area contributed by atoms with Crippen LogP contribution in [-0.4, -0.2) is 37.6 Å². The predicted molar refractivity (Wildman–Crippen MR) is 118 cm³/mol. The number of ketones is 1. The van der Waals surface area contributed by atoms with E-state index in [1.54, 1.807) is 24.3 Å². The highest BCUT2D eigenvalue weighted by molar-refractivity contribution is 7.89. The Morgan fingerprint density at radius 1 is 1.07 bits per heavy atom. The van der Waals surface area contributed by atoms with E-state index in [1.807, 2.05) is 30.3 Å². The van der Waals surface area contributed by atoms with Crippen LogP contribution in [0.2, 0.25) is 0 Å². The normalized spacial score (nSPS) is 12.2. The Morgan fingerprint density at radius 3 is 2.63 bits per heavy atom. The van der Waals surface area contributed by atoms with E-state index in [-0.39, 0.29) is 16.2 Å². The van der Waals surface area contributed by atoms with E-state index in [0.29, 0.717) is 11.5 Å². The minimum absolute atomic E-state index is 0.0721. The molecule has 0 atom stereocenters. The number of benzene rings is 2. The van der Waals surface area contributed by atoms with Crippen LogP contribution in [0.25, 0.3) is 27.1 Å². The molecule has 2 aromatic heterocycles. The molecule has 2 aromatic carbocycles. The van der Waals surface area contributed by atoms with Crippen LogP contribution in [0.5, 0.6) is 0 Å². The fourth-order valence-corrected chi connectivity index (χ4v) is 4.69. The number of hydrogen-bond donors (Lipinski definition) is 0. The molecule has 30 heavy (non-hydrogen) atoms. The molecule has 0 spiro atoms. The summed E-state index contributed by atoms with van der Waals surface area (Å²) >= 11 is 1.53. The van der Waals surface area contributed by atoms with Crippen LogP contribution in [-0.2, 0) is 10.0 Å². The zero-order valence-electron chi connectivity index (χ0n) is 16.3. The van der Waals surface area contributed by atoms with Gasteiger partial charge in [-0.2, -0.15) is 0 Å². The Bertz CT molecular complexity index is 1330. The number of carbonyl (C=O) groups is 1. The van der Waals surface area contributed by atoms with E-state index in [9.17, 15) is 13.2 Å².